The van der Waals surface area contributed by atoms with E-state index in [0.717, 1.165) is 18.4 Å². The highest BCUT2D eigenvalue weighted by molar-refractivity contribution is 5.96. The van der Waals surface area contributed by atoms with Gasteiger partial charge in [-0.25, -0.2) is 4.79 Å². The Morgan fingerprint density at radius 1 is 1.03 bits per heavy atom. The van der Waals surface area contributed by atoms with Gasteiger partial charge in [0.25, 0.3) is 5.91 Å². The Bertz CT molecular complexity index is 1060. The Balaban J connectivity index is 1.37. The predicted molar refractivity (Wildman–Crippen MR) is 122 cm³/mol. The lowest BCUT2D eigenvalue weighted by Crippen LogP contribution is -2.38. The fourth-order valence-electron chi connectivity index (χ4n) is 4.04. The van der Waals surface area contributed by atoms with E-state index in [9.17, 15) is 9.59 Å². The molecule has 1 saturated heterocycles. The molecule has 1 aliphatic heterocycles. The van der Waals surface area contributed by atoms with E-state index < -0.39 is 11.7 Å². The molecule has 0 unspecified atom stereocenters. The number of carbonyl (C=O) groups is 2. The molecule has 3 aromatic rings. The number of benzene rings is 2. The molecule has 0 saturated carbocycles. The molecule has 31 heavy (non-hydrogen) atoms. The number of H-pyrrole nitrogens is 1. The number of aromatic amines is 1. The smallest absolute Gasteiger partial charge is 0.412 e. The lowest BCUT2D eigenvalue weighted by atomic mass is 9.93. The SMILES string of the molecule is CC(C)(C)OC(=O)Nc1cccc(C(=O)N2CCC(c3cc4ccccc4[nH]3)CC2)c1. The zero-order valence-electron chi connectivity index (χ0n) is 18.3. The molecular weight excluding hydrogens is 390 g/mol. The normalized spacial score (nSPS) is 15.1. The van der Waals surface area contributed by atoms with Crippen molar-refractivity contribution in [2.45, 2.75) is 45.1 Å². The van der Waals surface area contributed by atoms with Gasteiger partial charge in [0.15, 0.2) is 0 Å². The highest BCUT2D eigenvalue weighted by Gasteiger charge is 2.26. The van der Waals surface area contributed by atoms with Crippen LogP contribution in [-0.4, -0.2) is 40.6 Å². The van der Waals surface area contributed by atoms with Gasteiger partial charge in [0, 0.05) is 41.5 Å². The second-order valence-electron chi connectivity index (χ2n) is 9.09. The molecule has 2 N–H and O–H groups in total. The Kier molecular flexibility index (Phi) is 5.72. The van der Waals surface area contributed by atoms with Crippen LogP contribution < -0.4 is 5.32 Å². The van der Waals surface area contributed by atoms with Crippen LogP contribution in [0.2, 0.25) is 0 Å². The van der Waals surface area contributed by atoms with Crippen molar-refractivity contribution < 1.29 is 14.3 Å². The monoisotopic (exact) mass is 419 g/mol. The number of anilines is 1. The maximum atomic E-state index is 13.0. The number of fused-ring (bicyclic) bond motifs is 1. The zero-order chi connectivity index (χ0) is 22.0. The molecule has 0 spiro atoms. The Morgan fingerprint density at radius 3 is 2.48 bits per heavy atom. The molecule has 6 nitrogen and oxygen atoms in total. The van der Waals surface area contributed by atoms with E-state index in [1.165, 1.54) is 11.1 Å². The Morgan fingerprint density at radius 2 is 1.77 bits per heavy atom. The van der Waals surface area contributed by atoms with Gasteiger partial charge >= 0.3 is 6.09 Å². The maximum absolute atomic E-state index is 13.0. The van der Waals surface area contributed by atoms with E-state index in [1.807, 2.05) is 37.8 Å². The minimum absolute atomic E-state index is 0.0112. The van der Waals surface area contributed by atoms with Crippen LogP contribution in [0.1, 0.15) is 55.6 Å². The van der Waals surface area contributed by atoms with Crippen LogP contribution in [0.5, 0.6) is 0 Å². The van der Waals surface area contributed by atoms with Crippen molar-refractivity contribution in [1.82, 2.24) is 9.88 Å². The lowest BCUT2D eigenvalue weighted by Gasteiger charge is -2.31. The molecule has 1 aromatic heterocycles. The summed E-state index contributed by atoms with van der Waals surface area (Å²) in [5.41, 5.74) is 2.94. The molecule has 4 rings (SSSR count). The molecule has 0 aliphatic carbocycles. The zero-order valence-corrected chi connectivity index (χ0v) is 18.3. The van der Waals surface area contributed by atoms with Crippen molar-refractivity contribution in [2.24, 2.45) is 0 Å². The third-order valence-corrected chi connectivity index (χ3v) is 5.53. The van der Waals surface area contributed by atoms with Crippen LogP contribution >= 0.6 is 0 Å². The van der Waals surface area contributed by atoms with E-state index in [1.54, 1.807) is 24.3 Å². The molecular formula is C25H29N3O3. The van der Waals surface area contributed by atoms with Crippen molar-refractivity contribution in [3.8, 4) is 0 Å². The number of para-hydroxylation sites is 1. The number of rotatable bonds is 3. The van der Waals surface area contributed by atoms with E-state index in [2.05, 4.69) is 28.5 Å². The topological polar surface area (TPSA) is 74.4 Å². The van der Waals surface area contributed by atoms with Crippen molar-refractivity contribution >= 4 is 28.6 Å². The number of nitrogens with zero attached hydrogens (tertiary/aromatic N) is 1. The second kappa shape index (κ2) is 8.46. The van der Waals surface area contributed by atoms with Crippen LogP contribution in [0, 0.1) is 0 Å². The Hall–Kier alpha value is -3.28. The molecule has 2 amide bonds. The third-order valence-electron chi connectivity index (χ3n) is 5.53. The lowest BCUT2D eigenvalue weighted by molar-refractivity contribution is 0.0634. The van der Waals surface area contributed by atoms with Gasteiger partial charge < -0.3 is 14.6 Å². The summed E-state index contributed by atoms with van der Waals surface area (Å²) < 4.78 is 5.29. The number of hydrogen-bond acceptors (Lipinski definition) is 3. The van der Waals surface area contributed by atoms with Gasteiger partial charge in [-0.05, 0) is 69.3 Å². The number of ether oxygens (including phenoxy) is 1. The van der Waals surface area contributed by atoms with Gasteiger partial charge in [-0.2, -0.15) is 0 Å². The minimum atomic E-state index is -0.577. The van der Waals surface area contributed by atoms with E-state index in [-0.39, 0.29) is 5.91 Å². The number of hydrogen-bond donors (Lipinski definition) is 2. The average Bonchev–Trinajstić information content (AvgIpc) is 3.16. The van der Waals surface area contributed by atoms with Gasteiger partial charge in [-0.1, -0.05) is 24.3 Å². The van der Waals surface area contributed by atoms with E-state index in [0.29, 0.717) is 30.3 Å². The molecule has 1 fully saturated rings. The van der Waals surface area contributed by atoms with Crippen LogP contribution in [0.4, 0.5) is 10.5 Å². The highest BCUT2D eigenvalue weighted by atomic mass is 16.6. The van der Waals surface area contributed by atoms with E-state index >= 15 is 0 Å². The number of carbonyl (C=O) groups excluding carboxylic acids is 2. The first-order valence-corrected chi connectivity index (χ1v) is 10.8. The summed E-state index contributed by atoms with van der Waals surface area (Å²) in [5, 5.41) is 3.93. The molecule has 2 heterocycles. The molecule has 6 heteroatoms. The predicted octanol–water partition coefficient (Wildman–Crippen LogP) is 5.53. The highest BCUT2D eigenvalue weighted by Crippen LogP contribution is 2.30. The van der Waals surface area contributed by atoms with Gasteiger partial charge in [0.1, 0.15) is 5.60 Å². The quantitative estimate of drug-likeness (QED) is 0.586. The van der Waals surface area contributed by atoms with Crippen LogP contribution in [0.25, 0.3) is 10.9 Å². The standard InChI is InChI=1S/C25H29N3O3/c1-25(2,3)31-24(30)26-20-9-6-8-19(15-20)23(29)28-13-11-17(12-14-28)22-16-18-7-4-5-10-21(18)27-22/h4-10,15-17,27H,11-14H2,1-3H3,(H,26,30). The first-order valence-electron chi connectivity index (χ1n) is 10.8. The van der Waals surface area contributed by atoms with Gasteiger partial charge in [0.2, 0.25) is 0 Å². The Labute approximate surface area is 182 Å². The summed E-state index contributed by atoms with van der Waals surface area (Å²) in [6, 6.07) is 17.5. The molecule has 0 bridgehead atoms. The van der Waals surface area contributed by atoms with Crippen LogP contribution in [0.3, 0.4) is 0 Å². The number of amides is 2. The molecule has 2 aromatic carbocycles. The number of piperidine rings is 1. The fraction of sp³-hybridized carbons (Fsp3) is 0.360. The first-order chi connectivity index (χ1) is 14.8. The summed E-state index contributed by atoms with van der Waals surface area (Å²) in [6.45, 7) is 6.86. The molecule has 0 atom stereocenters. The van der Waals surface area contributed by atoms with Gasteiger partial charge in [-0.3, -0.25) is 10.1 Å². The third kappa shape index (κ3) is 5.08. The summed E-state index contributed by atoms with van der Waals surface area (Å²) in [4.78, 5) is 30.5. The van der Waals surface area contributed by atoms with Gasteiger partial charge in [-0.15, -0.1) is 0 Å². The number of likely N-dealkylation sites (tertiary alicyclic amines) is 1. The molecule has 1 aliphatic rings. The van der Waals surface area contributed by atoms with Crippen molar-refractivity contribution in [3.05, 3.63) is 65.9 Å². The molecule has 0 radical (unpaired) electrons. The number of nitrogens with one attached hydrogen (secondary N) is 2. The first kappa shape index (κ1) is 21.0. The van der Waals surface area contributed by atoms with E-state index in [4.69, 9.17) is 4.74 Å². The van der Waals surface area contributed by atoms with Crippen molar-refractivity contribution in [3.63, 3.8) is 0 Å². The van der Waals surface area contributed by atoms with Crippen LogP contribution in [-0.2, 0) is 4.74 Å². The second-order valence-corrected chi connectivity index (χ2v) is 9.09. The summed E-state index contributed by atoms with van der Waals surface area (Å²) >= 11 is 0. The minimum Gasteiger partial charge on any atom is -0.444 e. The average molecular weight is 420 g/mol. The maximum Gasteiger partial charge on any atom is 0.412 e. The fourth-order valence-corrected chi connectivity index (χ4v) is 4.04. The summed E-state index contributed by atoms with van der Waals surface area (Å²) in [6.07, 6.45) is 1.32. The van der Waals surface area contributed by atoms with Crippen molar-refractivity contribution in [2.75, 3.05) is 18.4 Å². The van der Waals surface area contributed by atoms with Crippen molar-refractivity contribution in [1.29, 1.82) is 0 Å². The van der Waals surface area contributed by atoms with Crippen LogP contribution in [0.15, 0.2) is 54.6 Å². The molecule has 162 valence electrons. The summed E-state index contributed by atoms with van der Waals surface area (Å²) in [7, 11) is 0. The summed E-state index contributed by atoms with van der Waals surface area (Å²) in [5.74, 6) is 0.416. The van der Waals surface area contributed by atoms with Gasteiger partial charge in [0.05, 0.1) is 0 Å². The number of aromatic nitrogens is 1. The largest absolute Gasteiger partial charge is 0.444 e.